The number of rotatable bonds is 5. The van der Waals surface area contributed by atoms with Gasteiger partial charge in [-0.3, -0.25) is 4.79 Å². The molecule has 2 rings (SSSR count). The molecule has 0 unspecified atom stereocenters. The molecule has 0 N–H and O–H groups in total. The summed E-state index contributed by atoms with van der Waals surface area (Å²) in [5, 5.41) is 0. The zero-order valence-electron chi connectivity index (χ0n) is 12.9. The van der Waals surface area contributed by atoms with Gasteiger partial charge in [-0.15, -0.1) is 11.3 Å². The van der Waals surface area contributed by atoms with Crippen molar-refractivity contribution in [3.8, 4) is 5.75 Å². The summed E-state index contributed by atoms with van der Waals surface area (Å²) in [7, 11) is 1.65. The Bertz CT molecular complexity index is 621. The Hall–Kier alpha value is -1.81. The predicted octanol–water partition coefficient (Wildman–Crippen LogP) is 4.29. The van der Waals surface area contributed by atoms with Gasteiger partial charge in [-0.05, 0) is 50.6 Å². The van der Waals surface area contributed by atoms with E-state index in [1.54, 1.807) is 18.4 Å². The lowest BCUT2D eigenvalue weighted by Gasteiger charge is -2.28. The van der Waals surface area contributed by atoms with Crippen LogP contribution in [0.3, 0.4) is 0 Å². The molecule has 1 atom stereocenters. The number of amides is 1. The van der Waals surface area contributed by atoms with E-state index in [1.165, 1.54) is 0 Å². The van der Waals surface area contributed by atoms with Crippen LogP contribution in [0.5, 0.6) is 5.75 Å². The highest BCUT2D eigenvalue weighted by Gasteiger charge is 2.22. The van der Waals surface area contributed by atoms with E-state index in [1.807, 2.05) is 55.1 Å². The first-order chi connectivity index (χ1) is 10.1. The van der Waals surface area contributed by atoms with Gasteiger partial charge in [-0.2, -0.15) is 0 Å². The molecular weight excluding hydrogens is 282 g/mol. The van der Waals surface area contributed by atoms with Crippen molar-refractivity contribution in [3.05, 3.63) is 51.7 Å². The second-order valence-corrected chi connectivity index (χ2v) is 6.24. The zero-order chi connectivity index (χ0) is 15.4. The highest BCUT2D eigenvalue weighted by Crippen LogP contribution is 2.27. The number of hydrogen-bond acceptors (Lipinski definition) is 3. The van der Waals surface area contributed by atoms with Gasteiger partial charge in [0, 0.05) is 11.4 Å². The predicted molar refractivity (Wildman–Crippen MR) is 87.2 cm³/mol. The summed E-state index contributed by atoms with van der Waals surface area (Å²) in [5.41, 5.74) is 1.08. The van der Waals surface area contributed by atoms with Crippen LogP contribution >= 0.6 is 11.3 Å². The number of ether oxygens (including phenoxy) is 1. The lowest BCUT2D eigenvalue weighted by atomic mass is 10.1. The third-order valence-corrected chi connectivity index (χ3v) is 4.59. The van der Waals surface area contributed by atoms with E-state index < -0.39 is 0 Å². The fourth-order valence-corrected chi connectivity index (χ4v) is 3.19. The number of thiophene rings is 1. The minimum atomic E-state index is 0.0139. The zero-order valence-corrected chi connectivity index (χ0v) is 13.7. The quantitative estimate of drug-likeness (QED) is 0.824. The molecular formula is C17H21NO2S. The molecule has 1 aromatic carbocycles. The molecule has 2 aromatic rings. The molecule has 1 heterocycles. The van der Waals surface area contributed by atoms with Gasteiger partial charge in [0.2, 0.25) is 0 Å². The molecule has 3 nitrogen and oxygen atoms in total. The topological polar surface area (TPSA) is 29.5 Å². The number of nitrogens with zero attached hydrogens (tertiary/aromatic N) is 1. The third-order valence-electron chi connectivity index (χ3n) is 3.60. The minimum Gasteiger partial charge on any atom is -0.497 e. The van der Waals surface area contributed by atoms with E-state index in [2.05, 4.69) is 6.92 Å². The Morgan fingerprint density at radius 3 is 2.67 bits per heavy atom. The normalized spacial score (nSPS) is 12.0. The van der Waals surface area contributed by atoms with Crippen molar-refractivity contribution < 1.29 is 9.53 Å². The Morgan fingerprint density at radius 2 is 2.10 bits per heavy atom. The van der Waals surface area contributed by atoms with Crippen LogP contribution in [0, 0.1) is 6.92 Å². The molecule has 112 valence electrons. The average Bonchev–Trinajstić information content (AvgIpc) is 2.94. The van der Waals surface area contributed by atoms with E-state index >= 15 is 0 Å². The molecule has 1 amide bonds. The Kier molecular flexibility index (Phi) is 5.02. The summed E-state index contributed by atoms with van der Waals surface area (Å²) in [5.74, 6) is 0.903. The standard InChI is InChI=1S/C17H21NO2S/c1-5-18(17(19)16-10-9-12(2)21-16)13(3)14-7-6-8-15(11-14)20-4/h6-11,13H,5H2,1-4H3/t13-/m1/s1. The van der Waals surface area contributed by atoms with Crippen molar-refractivity contribution in [1.82, 2.24) is 4.90 Å². The van der Waals surface area contributed by atoms with Gasteiger partial charge in [-0.25, -0.2) is 0 Å². The van der Waals surface area contributed by atoms with Crippen LogP contribution in [0.15, 0.2) is 36.4 Å². The number of hydrogen-bond donors (Lipinski definition) is 0. The van der Waals surface area contributed by atoms with Crippen LogP contribution in [0.4, 0.5) is 0 Å². The molecule has 0 aliphatic heterocycles. The lowest BCUT2D eigenvalue weighted by Crippen LogP contribution is -2.32. The van der Waals surface area contributed by atoms with Gasteiger partial charge in [0.15, 0.2) is 0 Å². The van der Waals surface area contributed by atoms with Gasteiger partial charge in [0.25, 0.3) is 5.91 Å². The minimum absolute atomic E-state index is 0.0139. The second-order valence-electron chi connectivity index (χ2n) is 4.95. The number of methoxy groups -OCH3 is 1. The van der Waals surface area contributed by atoms with Crippen molar-refractivity contribution >= 4 is 17.2 Å². The van der Waals surface area contributed by atoms with Crippen molar-refractivity contribution in [2.45, 2.75) is 26.8 Å². The van der Waals surface area contributed by atoms with Gasteiger partial charge in [-0.1, -0.05) is 12.1 Å². The van der Waals surface area contributed by atoms with Gasteiger partial charge < -0.3 is 9.64 Å². The highest BCUT2D eigenvalue weighted by molar-refractivity contribution is 7.13. The van der Waals surface area contributed by atoms with Crippen molar-refractivity contribution in [1.29, 1.82) is 0 Å². The first-order valence-electron chi connectivity index (χ1n) is 7.08. The molecule has 0 saturated heterocycles. The Balaban J connectivity index is 2.25. The first-order valence-corrected chi connectivity index (χ1v) is 7.89. The van der Waals surface area contributed by atoms with Crippen LogP contribution in [-0.4, -0.2) is 24.5 Å². The number of carbonyl (C=O) groups excluding carboxylic acids is 1. The first kappa shape index (κ1) is 15.6. The average molecular weight is 303 g/mol. The molecule has 0 spiro atoms. The monoisotopic (exact) mass is 303 g/mol. The maximum Gasteiger partial charge on any atom is 0.264 e. The number of benzene rings is 1. The van der Waals surface area contributed by atoms with Gasteiger partial charge in [0.1, 0.15) is 5.75 Å². The van der Waals surface area contributed by atoms with Crippen LogP contribution < -0.4 is 4.74 Å². The molecule has 0 radical (unpaired) electrons. The van der Waals surface area contributed by atoms with Crippen LogP contribution in [0.2, 0.25) is 0 Å². The maximum absolute atomic E-state index is 12.7. The fourth-order valence-electron chi connectivity index (χ4n) is 2.37. The highest BCUT2D eigenvalue weighted by atomic mass is 32.1. The summed E-state index contributed by atoms with van der Waals surface area (Å²) < 4.78 is 5.27. The molecule has 0 aliphatic carbocycles. The lowest BCUT2D eigenvalue weighted by molar-refractivity contribution is 0.0707. The molecule has 4 heteroatoms. The maximum atomic E-state index is 12.7. The van der Waals surface area contributed by atoms with Crippen LogP contribution in [0.1, 0.15) is 40.0 Å². The summed E-state index contributed by atoms with van der Waals surface area (Å²) in [6.07, 6.45) is 0. The van der Waals surface area contributed by atoms with E-state index in [9.17, 15) is 4.79 Å². The van der Waals surface area contributed by atoms with E-state index in [-0.39, 0.29) is 11.9 Å². The molecule has 0 bridgehead atoms. The Labute approximate surface area is 130 Å². The summed E-state index contributed by atoms with van der Waals surface area (Å²) >= 11 is 1.54. The molecule has 0 saturated carbocycles. The molecule has 21 heavy (non-hydrogen) atoms. The van der Waals surface area contributed by atoms with E-state index in [0.29, 0.717) is 6.54 Å². The van der Waals surface area contributed by atoms with E-state index in [4.69, 9.17) is 4.74 Å². The number of aryl methyl sites for hydroxylation is 1. The summed E-state index contributed by atoms with van der Waals surface area (Å²) in [6.45, 7) is 6.75. The van der Waals surface area contributed by atoms with E-state index in [0.717, 1.165) is 21.1 Å². The Morgan fingerprint density at radius 1 is 1.33 bits per heavy atom. The molecule has 0 fully saturated rings. The van der Waals surface area contributed by atoms with Gasteiger partial charge >= 0.3 is 0 Å². The van der Waals surface area contributed by atoms with Crippen molar-refractivity contribution in [2.75, 3.05) is 13.7 Å². The van der Waals surface area contributed by atoms with Gasteiger partial charge in [0.05, 0.1) is 18.0 Å². The number of carbonyl (C=O) groups is 1. The van der Waals surface area contributed by atoms with Crippen LogP contribution in [0.25, 0.3) is 0 Å². The fraction of sp³-hybridized carbons (Fsp3) is 0.353. The smallest absolute Gasteiger partial charge is 0.264 e. The molecule has 0 aliphatic rings. The summed E-state index contributed by atoms with van der Waals surface area (Å²) in [4.78, 5) is 16.5. The van der Waals surface area contributed by atoms with Crippen molar-refractivity contribution in [2.24, 2.45) is 0 Å². The SMILES string of the molecule is CCN(C(=O)c1ccc(C)s1)[C@H](C)c1cccc(OC)c1. The summed E-state index contributed by atoms with van der Waals surface area (Å²) in [6, 6.07) is 11.8. The van der Waals surface area contributed by atoms with Crippen LogP contribution in [-0.2, 0) is 0 Å². The third kappa shape index (κ3) is 3.45. The largest absolute Gasteiger partial charge is 0.497 e. The second kappa shape index (κ2) is 6.76. The van der Waals surface area contributed by atoms with Crippen molar-refractivity contribution in [3.63, 3.8) is 0 Å². The molecule has 1 aromatic heterocycles.